The molecule has 0 saturated carbocycles. The fraction of sp³-hybridized carbons (Fsp3) is 0.375. The molecule has 1 unspecified atom stereocenters. The summed E-state index contributed by atoms with van der Waals surface area (Å²) >= 11 is 0. The molecule has 0 spiro atoms. The fourth-order valence-corrected chi connectivity index (χ4v) is 3.03. The average molecular weight is 533 g/mol. The smallest absolute Gasteiger partial charge is 0.303 e. The molecule has 0 aliphatic carbocycles. The summed E-state index contributed by atoms with van der Waals surface area (Å²) in [6, 6.07) is 5.75. The number of hydrogen-bond donors (Lipinski definition) is 7. The van der Waals surface area contributed by atoms with Gasteiger partial charge in [0.15, 0.2) is 5.96 Å². The molecule has 1 atom stereocenters. The first-order valence-corrected chi connectivity index (χ1v) is 11.7. The fourth-order valence-electron chi connectivity index (χ4n) is 3.03. The molecule has 14 heteroatoms. The first-order chi connectivity index (χ1) is 18.0. The molecule has 38 heavy (non-hydrogen) atoms. The van der Waals surface area contributed by atoms with Crippen molar-refractivity contribution in [2.24, 2.45) is 27.9 Å². The molecule has 0 bridgehead atoms. The summed E-state index contributed by atoms with van der Waals surface area (Å²) in [5.74, 6) is -2.81. The monoisotopic (exact) mass is 532 g/mol. The van der Waals surface area contributed by atoms with E-state index in [1.165, 1.54) is 26.0 Å². The third-order valence-corrected chi connectivity index (χ3v) is 4.69. The first kappa shape index (κ1) is 33.2. The van der Waals surface area contributed by atoms with Gasteiger partial charge < -0.3 is 38.7 Å². The van der Waals surface area contributed by atoms with Crippen LogP contribution in [0.5, 0.6) is 0 Å². The van der Waals surface area contributed by atoms with E-state index in [0.717, 1.165) is 13.0 Å². The molecule has 0 fully saturated rings. The van der Waals surface area contributed by atoms with E-state index in [1.54, 1.807) is 24.3 Å². The lowest BCUT2D eigenvalue weighted by atomic mass is 10.1. The molecule has 11 N–H and O–H groups in total. The zero-order valence-electron chi connectivity index (χ0n) is 21.5. The highest BCUT2D eigenvalue weighted by Gasteiger charge is 2.23. The van der Waals surface area contributed by atoms with Crippen molar-refractivity contribution in [1.82, 2.24) is 10.3 Å². The van der Waals surface area contributed by atoms with E-state index in [9.17, 15) is 19.2 Å². The van der Waals surface area contributed by atoms with E-state index in [1.807, 2.05) is 0 Å². The Morgan fingerprint density at radius 3 is 2.29 bits per heavy atom. The van der Waals surface area contributed by atoms with Crippen molar-refractivity contribution in [2.75, 3.05) is 11.9 Å². The highest BCUT2D eigenvalue weighted by Crippen LogP contribution is 2.26. The predicted molar refractivity (Wildman–Crippen MR) is 144 cm³/mol. The lowest BCUT2D eigenvalue weighted by Crippen LogP contribution is -2.43. The van der Waals surface area contributed by atoms with Gasteiger partial charge in [-0.05, 0) is 18.9 Å². The van der Waals surface area contributed by atoms with Gasteiger partial charge in [0, 0.05) is 31.5 Å². The third-order valence-electron chi connectivity index (χ3n) is 4.69. The van der Waals surface area contributed by atoms with E-state index in [2.05, 4.69) is 33.3 Å². The van der Waals surface area contributed by atoms with Crippen molar-refractivity contribution >= 4 is 52.7 Å². The Balaban J connectivity index is 0.000000956. The highest BCUT2D eigenvalue weighted by atomic mass is 16.4. The van der Waals surface area contributed by atoms with Crippen molar-refractivity contribution in [2.45, 2.75) is 52.0 Å². The van der Waals surface area contributed by atoms with Crippen LogP contribution < -0.4 is 33.6 Å². The number of carboxylic acids is 1. The Morgan fingerprint density at radius 2 is 1.76 bits per heavy atom. The predicted octanol–water partition coefficient (Wildman–Crippen LogP) is 0.193. The molecule has 0 aliphatic heterocycles. The van der Waals surface area contributed by atoms with Crippen LogP contribution in [-0.4, -0.2) is 58.7 Å². The summed E-state index contributed by atoms with van der Waals surface area (Å²) in [6.07, 6.45) is 4.60. The summed E-state index contributed by atoms with van der Waals surface area (Å²) in [5.41, 5.74) is 20.4. The van der Waals surface area contributed by atoms with E-state index in [4.69, 9.17) is 27.1 Å². The van der Waals surface area contributed by atoms with Crippen molar-refractivity contribution in [3.8, 4) is 0 Å². The number of para-hydroxylation sites is 1. The minimum absolute atomic E-state index is 0.0110. The molecule has 0 aliphatic rings. The second kappa shape index (κ2) is 18.5. The Hall–Kier alpha value is -4.75. The maximum Gasteiger partial charge on any atom is 0.303 e. The van der Waals surface area contributed by atoms with Crippen molar-refractivity contribution in [3.05, 3.63) is 36.0 Å². The van der Waals surface area contributed by atoms with Crippen molar-refractivity contribution in [3.63, 3.8) is 0 Å². The Labute approximate surface area is 220 Å². The summed E-state index contributed by atoms with van der Waals surface area (Å²) in [5, 5.41) is 14.3. The van der Waals surface area contributed by atoms with Gasteiger partial charge in [0.2, 0.25) is 18.2 Å². The molecule has 0 saturated heterocycles. The van der Waals surface area contributed by atoms with Crippen LogP contribution in [0.15, 0.2) is 35.5 Å². The van der Waals surface area contributed by atoms with E-state index in [-0.39, 0.29) is 36.5 Å². The number of fused-ring (bicyclic) bond motifs is 1. The zero-order valence-corrected chi connectivity index (χ0v) is 21.5. The molecule has 0 radical (unpaired) electrons. The molecular formula is C24H36N8O6. The zero-order chi connectivity index (χ0) is 29.1. The van der Waals surface area contributed by atoms with Gasteiger partial charge in [-0.15, -0.1) is 0 Å². The molecule has 1 aromatic carbocycles. The summed E-state index contributed by atoms with van der Waals surface area (Å²) in [6.45, 7) is 4.14. The van der Waals surface area contributed by atoms with Crippen LogP contribution in [-0.2, 0) is 19.2 Å². The summed E-state index contributed by atoms with van der Waals surface area (Å²) in [7, 11) is 0. The number of rotatable bonds is 11. The van der Waals surface area contributed by atoms with Crippen molar-refractivity contribution in [1.29, 1.82) is 0 Å². The molecule has 208 valence electrons. The topological polar surface area (TPSA) is 259 Å². The Kier molecular flexibility index (Phi) is 16.2. The number of amides is 4. The molecule has 4 amide bonds. The quantitative estimate of drug-likeness (QED) is 0.0900. The van der Waals surface area contributed by atoms with Crippen LogP contribution in [0.1, 0.15) is 56.3 Å². The van der Waals surface area contributed by atoms with Gasteiger partial charge in [0.05, 0.1) is 16.8 Å². The SMILES string of the molecule is CC(=O)NC(CCC(=O)O)C(=O)Nc1c(C(N)=O)cnc2ccccc12.CCCCCN=C(N)N.NC=O. The number of benzene rings is 1. The van der Waals surface area contributed by atoms with Crippen LogP contribution in [0.3, 0.4) is 0 Å². The van der Waals surface area contributed by atoms with Gasteiger partial charge in [-0.1, -0.05) is 38.0 Å². The lowest BCUT2D eigenvalue weighted by Gasteiger charge is -2.18. The second-order valence-electron chi connectivity index (χ2n) is 7.75. The summed E-state index contributed by atoms with van der Waals surface area (Å²) < 4.78 is 0. The number of nitrogens with two attached hydrogens (primary N) is 4. The minimum atomic E-state index is -1.10. The number of nitrogens with zero attached hydrogens (tertiary/aromatic N) is 2. The molecule has 1 heterocycles. The third kappa shape index (κ3) is 13.4. The number of carbonyl (C=O) groups excluding carboxylic acids is 4. The second-order valence-corrected chi connectivity index (χ2v) is 7.75. The number of pyridine rings is 1. The minimum Gasteiger partial charge on any atom is -0.481 e. The Bertz CT molecular complexity index is 1120. The van der Waals surface area contributed by atoms with Crippen LogP contribution in [0.2, 0.25) is 0 Å². The van der Waals surface area contributed by atoms with Crippen LogP contribution in [0.4, 0.5) is 5.69 Å². The van der Waals surface area contributed by atoms with Gasteiger partial charge in [0.25, 0.3) is 5.91 Å². The van der Waals surface area contributed by atoms with Gasteiger partial charge in [-0.2, -0.15) is 0 Å². The number of aliphatic imine (C=N–C) groups is 1. The van der Waals surface area contributed by atoms with Gasteiger partial charge in [-0.3, -0.25) is 33.9 Å². The number of unbranched alkanes of at least 4 members (excludes halogenated alkanes) is 2. The van der Waals surface area contributed by atoms with Crippen LogP contribution >= 0.6 is 0 Å². The number of anilines is 1. The molecule has 2 aromatic rings. The average Bonchev–Trinajstić information content (AvgIpc) is 2.85. The van der Waals surface area contributed by atoms with Gasteiger partial charge >= 0.3 is 5.97 Å². The van der Waals surface area contributed by atoms with E-state index in [0.29, 0.717) is 10.9 Å². The number of guanidine groups is 1. The Morgan fingerprint density at radius 1 is 1.13 bits per heavy atom. The van der Waals surface area contributed by atoms with E-state index < -0.39 is 29.7 Å². The standard InChI is InChI=1S/C17H18N4O5.C6H15N3.CH3NO/c1-9(22)20-13(6-7-14(23)24)17(26)21-15-10-4-2-3-5-12(10)19-8-11(15)16(18)25;1-2-3-4-5-9-6(7)8;2-1-3/h2-5,8,13H,6-7H2,1H3,(H2,18,25)(H,20,22)(H,23,24)(H,19,21,26);2-5H2,1H3,(H4,7,8,9);1H,(H2,2,3). The lowest BCUT2D eigenvalue weighted by molar-refractivity contribution is -0.137. The van der Waals surface area contributed by atoms with Crippen LogP contribution in [0.25, 0.3) is 10.9 Å². The number of carbonyl (C=O) groups is 5. The first-order valence-electron chi connectivity index (χ1n) is 11.7. The van der Waals surface area contributed by atoms with Crippen molar-refractivity contribution < 1.29 is 29.1 Å². The number of hydrogen-bond acceptors (Lipinski definition) is 7. The maximum atomic E-state index is 12.6. The van der Waals surface area contributed by atoms with E-state index >= 15 is 0 Å². The van der Waals surface area contributed by atoms with Crippen LogP contribution in [0, 0.1) is 0 Å². The maximum absolute atomic E-state index is 12.6. The number of nitrogens with one attached hydrogen (secondary N) is 2. The molecule has 14 nitrogen and oxygen atoms in total. The number of carboxylic acid groups (broad SMARTS) is 1. The summed E-state index contributed by atoms with van der Waals surface area (Å²) in [4.78, 5) is 62.9. The highest BCUT2D eigenvalue weighted by molar-refractivity contribution is 6.12. The largest absolute Gasteiger partial charge is 0.481 e. The molecule has 2 rings (SSSR count). The molecule has 1 aromatic heterocycles. The van der Waals surface area contributed by atoms with Gasteiger partial charge in [0.1, 0.15) is 6.04 Å². The number of aromatic nitrogens is 1. The molecular weight excluding hydrogens is 496 g/mol. The number of primary amides is 2. The van der Waals surface area contributed by atoms with Gasteiger partial charge in [-0.25, -0.2) is 0 Å². The number of aliphatic carboxylic acids is 1. The normalized spacial score (nSPS) is 10.4.